The molecule has 0 atom stereocenters. The number of benzene rings is 1. The standard InChI is InChI=1S/C12H13F4NO2/c1-2-19-11(18)7-17-6-8-3-4-9(13)5-10(8)12(14,15)16/h3-5,17H,2,6-7H2,1H3. The van der Waals surface area contributed by atoms with Crippen molar-refractivity contribution in [3.8, 4) is 0 Å². The molecule has 0 bridgehead atoms. The van der Waals surface area contributed by atoms with E-state index >= 15 is 0 Å². The number of carbonyl (C=O) groups is 1. The van der Waals surface area contributed by atoms with Crippen molar-refractivity contribution in [1.29, 1.82) is 0 Å². The average Bonchev–Trinajstić information content (AvgIpc) is 2.30. The van der Waals surface area contributed by atoms with Gasteiger partial charge in [-0.15, -0.1) is 0 Å². The summed E-state index contributed by atoms with van der Waals surface area (Å²) in [5, 5.41) is 2.52. The van der Waals surface area contributed by atoms with Gasteiger partial charge in [0.05, 0.1) is 18.7 Å². The fourth-order valence-corrected chi connectivity index (χ4v) is 1.48. The van der Waals surface area contributed by atoms with E-state index in [-0.39, 0.29) is 25.3 Å². The van der Waals surface area contributed by atoms with Gasteiger partial charge in [-0.3, -0.25) is 4.79 Å². The van der Waals surface area contributed by atoms with Crippen molar-refractivity contribution in [1.82, 2.24) is 5.32 Å². The van der Waals surface area contributed by atoms with Crippen LogP contribution in [-0.4, -0.2) is 19.1 Å². The van der Waals surface area contributed by atoms with E-state index in [9.17, 15) is 22.4 Å². The summed E-state index contributed by atoms with van der Waals surface area (Å²) in [7, 11) is 0. The summed E-state index contributed by atoms with van der Waals surface area (Å²) < 4.78 is 55.4. The second-order valence-corrected chi connectivity index (χ2v) is 3.71. The molecule has 7 heteroatoms. The highest BCUT2D eigenvalue weighted by Crippen LogP contribution is 2.32. The first-order valence-electron chi connectivity index (χ1n) is 5.56. The quantitative estimate of drug-likeness (QED) is 0.665. The van der Waals surface area contributed by atoms with Crippen LogP contribution >= 0.6 is 0 Å². The molecule has 1 N–H and O–H groups in total. The molecule has 0 heterocycles. The fraction of sp³-hybridized carbons (Fsp3) is 0.417. The first-order chi connectivity index (χ1) is 8.84. The largest absolute Gasteiger partial charge is 0.465 e. The van der Waals surface area contributed by atoms with Gasteiger partial charge < -0.3 is 10.1 Å². The predicted molar refractivity (Wildman–Crippen MR) is 59.7 cm³/mol. The molecule has 0 aliphatic heterocycles. The fourth-order valence-electron chi connectivity index (χ4n) is 1.48. The van der Waals surface area contributed by atoms with Crippen LogP contribution in [0, 0.1) is 5.82 Å². The average molecular weight is 279 g/mol. The van der Waals surface area contributed by atoms with Gasteiger partial charge in [0.25, 0.3) is 0 Å². The molecule has 1 aromatic rings. The minimum atomic E-state index is -4.64. The molecule has 1 rings (SSSR count). The third kappa shape index (κ3) is 4.86. The van der Waals surface area contributed by atoms with Crippen LogP contribution in [0.5, 0.6) is 0 Å². The summed E-state index contributed by atoms with van der Waals surface area (Å²) in [6.07, 6.45) is -4.64. The predicted octanol–water partition coefficient (Wildman–Crippen LogP) is 2.50. The second-order valence-electron chi connectivity index (χ2n) is 3.71. The lowest BCUT2D eigenvalue weighted by molar-refractivity contribution is -0.142. The maximum Gasteiger partial charge on any atom is 0.416 e. The van der Waals surface area contributed by atoms with E-state index in [0.717, 1.165) is 12.1 Å². The van der Waals surface area contributed by atoms with E-state index in [1.54, 1.807) is 6.92 Å². The Morgan fingerprint density at radius 2 is 2.05 bits per heavy atom. The third-order valence-corrected chi connectivity index (χ3v) is 2.27. The van der Waals surface area contributed by atoms with Crippen LogP contribution in [0.2, 0.25) is 0 Å². The summed E-state index contributed by atoms with van der Waals surface area (Å²) in [6, 6.07) is 2.41. The number of esters is 1. The number of rotatable bonds is 5. The summed E-state index contributed by atoms with van der Waals surface area (Å²) >= 11 is 0. The van der Waals surface area contributed by atoms with Gasteiger partial charge in [-0.2, -0.15) is 13.2 Å². The minimum Gasteiger partial charge on any atom is -0.465 e. The Balaban J connectivity index is 2.71. The van der Waals surface area contributed by atoms with Crippen molar-refractivity contribution < 1.29 is 27.1 Å². The highest BCUT2D eigenvalue weighted by atomic mass is 19.4. The monoisotopic (exact) mass is 279 g/mol. The van der Waals surface area contributed by atoms with E-state index in [0.29, 0.717) is 6.07 Å². The summed E-state index contributed by atoms with van der Waals surface area (Å²) in [5.41, 5.74) is -1.18. The van der Waals surface area contributed by atoms with Crippen molar-refractivity contribution >= 4 is 5.97 Å². The highest BCUT2D eigenvalue weighted by Gasteiger charge is 2.33. The molecular formula is C12H13F4NO2. The molecule has 0 aliphatic rings. The van der Waals surface area contributed by atoms with Gasteiger partial charge in [0.2, 0.25) is 0 Å². The maximum absolute atomic E-state index is 12.8. The molecule has 0 unspecified atom stereocenters. The van der Waals surface area contributed by atoms with Crippen LogP contribution in [-0.2, 0) is 22.3 Å². The molecule has 0 radical (unpaired) electrons. The van der Waals surface area contributed by atoms with Crippen molar-refractivity contribution in [2.75, 3.05) is 13.2 Å². The molecule has 19 heavy (non-hydrogen) atoms. The summed E-state index contributed by atoms with van der Waals surface area (Å²) in [5.74, 6) is -1.51. The summed E-state index contributed by atoms with van der Waals surface area (Å²) in [4.78, 5) is 11.0. The number of ether oxygens (including phenoxy) is 1. The number of alkyl halides is 3. The third-order valence-electron chi connectivity index (χ3n) is 2.27. The van der Waals surface area contributed by atoms with E-state index < -0.39 is 23.5 Å². The molecule has 0 aliphatic carbocycles. The van der Waals surface area contributed by atoms with Crippen LogP contribution in [0.4, 0.5) is 17.6 Å². The Morgan fingerprint density at radius 1 is 1.37 bits per heavy atom. The Morgan fingerprint density at radius 3 is 2.63 bits per heavy atom. The Labute approximate surface area is 107 Å². The van der Waals surface area contributed by atoms with Crippen LogP contribution in [0.1, 0.15) is 18.1 Å². The van der Waals surface area contributed by atoms with Gasteiger partial charge in [-0.1, -0.05) is 6.07 Å². The van der Waals surface area contributed by atoms with Crippen molar-refractivity contribution in [2.45, 2.75) is 19.6 Å². The lowest BCUT2D eigenvalue weighted by Crippen LogP contribution is -2.25. The van der Waals surface area contributed by atoms with Gasteiger partial charge in [0.1, 0.15) is 5.82 Å². The van der Waals surface area contributed by atoms with E-state index in [1.165, 1.54) is 0 Å². The van der Waals surface area contributed by atoms with Gasteiger partial charge in [0.15, 0.2) is 0 Å². The topological polar surface area (TPSA) is 38.3 Å². The molecule has 0 fully saturated rings. The Bertz CT molecular complexity index is 446. The van der Waals surface area contributed by atoms with Crippen LogP contribution in [0.15, 0.2) is 18.2 Å². The molecular weight excluding hydrogens is 266 g/mol. The zero-order chi connectivity index (χ0) is 14.5. The van der Waals surface area contributed by atoms with Crippen molar-refractivity contribution in [3.63, 3.8) is 0 Å². The molecule has 0 amide bonds. The van der Waals surface area contributed by atoms with Crippen LogP contribution in [0.3, 0.4) is 0 Å². The SMILES string of the molecule is CCOC(=O)CNCc1ccc(F)cc1C(F)(F)F. The Kier molecular flexibility index (Phi) is 5.29. The highest BCUT2D eigenvalue weighted by molar-refractivity contribution is 5.71. The molecule has 3 nitrogen and oxygen atoms in total. The van der Waals surface area contributed by atoms with Crippen LogP contribution in [0.25, 0.3) is 0 Å². The number of halogens is 4. The van der Waals surface area contributed by atoms with E-state index in [1.807, 2.05) is 0 Å². The smallest absolute Gasteiger partial charge is 0.416 e. The number of carbonyl (C=O) groups excluding carboxylic acids is 1. The molecule has 0 saturated heterocycles. The molecule has 1 aromatic carbocycles. The minimum absolute atomic E-state index is 0.127. The molecule has 0 saturated carbocycles. The first kappa shape index (κ1) is 15.4. The number of hydrogen-bond acceptors (Lipinski definition) is 3. The lowest BCUT2D eigenvalue weighted by Gasteiger charge is -2.13. The zero-order valence-corrected chi connectivity index (χ0v) is 10.2. The maximum atomic E-state index is 12.8. The van der Waals surface area contributed by atoms with E-state index in [4.69, 9.17) is 0 Å². The zero-order valence-electron chi connectivity index (χ0n) is 10.2. The lowest BCUT2D eigenvalue weighted by atomic mass is 10.1. The van der Waals surface area contributed by atoms with Crippen molar-refractivity contribution in [3.05, 3.63) is 35.1 Å². The van der Waals surface area contributed by atoms with Gasteiger partial charge >= 0.3 is 12.1 Å². The second kappa shape index (κ2) is 6.51. The van der Waals surface area contributed by atoms with Crippen molar-refractivity contribution in [2.24, 2.45) is 0 Å². The number of hydrogen-bond donors (Lipinski definition) is 1. The molecule has 0 aromatic heterocycles. The van der Waals surface area contributed by atoms with Gasteiger partial charge in [-0.05, 0) is 24.6 Å². The molecule has 106 valence electrons. The Hall–Kier alpha value is -1.63. The first-order valence-corrected chi connectivity index (χ1v) is 5.56. The number of nitrogens with one attached hydrogen (secondary N) is 1. The normalized spacial score (nSPS) is 11.4. The summed E-state index contributed by atoms with van der Waals surface area (Å²) in [6.45, 7) is 1.42. The molecule has 0 spiro atoms. The van der Waals surface area contributed by atoms with Gasteiger partial charge in [-0.25, -0.2) is 4.39 Å². The van der Waals surface area contributed by atoms with Gasteiger partial charge in [0, 0.05) is 6.54 Å². The van der Waals surface area contributed by atoms with E-state index in [2.05, 4.69) is 10.1 Å². The van der Waals surface area contributed by atoms with Crippen LogP contribution < -0.4 is 5.32 Å².